The minimum atomic E-state index is -0.747. The highest BCUT2D eigenvalue weighted by molar-refractivity contribution is 5.66. The fourth-order valence-electron chi connectivity index (χ4n) is 2.49. The van der Waals surface area contributed by atoms with Crippen LogP contribution in [0.3, 0.4) is 0 Å². The van der Waals surface area contributed by atoms with Gasteiger partial charge in [-0.2, -0.15) is 0 Å². The standard InChI is InChI=1S/C12H18N2O2/c1-14-10(6-7-11(15)16)8-13-12(14)9-4-2-3-5-9/h8-9H,2-7H2,1H3,(H,15,16). The SMILES string of the molecule is Cn1c(CCC(=O)O)cnc1C1CCCC1. The van der Waals surface area contributed by atoms with Gasteiger partial charge in [-0.3, -0.25) is 4.79 Å². The van der Waals surface area contributed by atoms with Crippen molar-refractivity contribution in [2.45, 2.75) is 44.4 Å². The lowest BCUT2D eigenvalue weighted by molar-refractivity contribution is -0.136. The molecule has 1 heterocycles. The van der Waals surface area contributed by atoms with Crippen molar-refractivity contribution in [3.05, 3.63) is 17.7 Å². The van der Waals surface area contributed by atoms with Crippen molar-refractivity contribution in [3.63, 3.8) is 0 Å². The molecule has 1 fully saturated rings. The molecule has 0 aromatic carbocycles. The first-order valence-corrected chi connectivity index (χ1v) is 5.90. The quantitative estimate of drug-likeness (QED) is 0.848. The highest BCUT2D eigenvalue weighted by Gasteiger charge is 2.21. The Balaban J connectivity index is 2.07. The topological polar surface area (TPSA) is 55.1 Å². The molecule has 0 amide bonds. The van der Waals surface area contributed by atoms with Crippen LogP contribution in [0, 0.1) is 0 Å². The third-order valence-electron chi connectivity index (χ3n) is 3.44. The van der Waals surface area contributed by atoms with Gasteiger partial charge < -0.3 is 9.67 Å². The van der Waals surface area contributed by atoms with E-state index in [-0.39, 0.29) is 6.42 Å². The average molecular weight is 222 g/mol. The van der Waals surface area contributed by atoms with Crippen molar-refractivity contribution in [2.24, 2.45) is 7.05 Å². The Morgan fingerprint density at radius 3 is 2.88 bits per heavy atom. The summed E-state index contributed by atoms with van der Waals surface area (Å²) in [6, 6.07) is 0. The molecule has 0 spiro atoms. The summed E-state index contributed by atoms with van der Waals surface area (Å²) in [5.41, 5.74) is 1.03. The highest BCUT2D eigenvalue weighted by atomic mass is 16.4. The molecule has 1 aliphatic carbocycles. The second-order valence-electron chi connectivity index (χ2n) is 4.54. The number of hydrogen-bond donors (Lipinski definition) is 1. The van der Waals surface area contributed by atoms with Gasteiger partial charge in [0, 0.05) is 24.9 Å². The van der Waals surface area contributed by atoms with Gasteiger partial charge in [-0.1, -0.05) is 12.8 Å². The van der Waals surface area contributed by atoms with Crippen LogP contribution in [0.1, 0.15) is 49.5 Å². The maximum absolute atomic E-state index is 10.5. The molecule has 0 saturated heterocycles. The Morgan fingerprint density at radius 2 is 2.25 bits per heavy atom. The van der Waals surface area contributed by atoms with Crippen molar-refractivity contribution in [3.8, 4) is 0 Å². The van der Waals surface area contributed by atoms with Crippen LogP contribution in [0.25, 0.3) is 0 Å². The molecular weight excluding hydrogens is 204 g/mol. The van der Waals surface area contributed by atoms with E-state index in [9.17, 15) is 4.79 Å². The lowest BCUT2D eigenvalue weighted by Gasteiger charge is -2.10. The summed E-state index contributed by atoms with van der Waals surface area (Å²) in [6.45, 7) is 0. The molecule has 1 aromatic rings. The van der Waals surface area contributed by atoms with Gasteiger partial charge in [-0.05, 0) is 19.3 Å². The Hall–Kier alpha value is -1.32. The maximum atomic E-state index is 10.5. The molecule has 0 unspecified atom stereocenters. The van der Waals surface area contributed by atoms with Gasteiger partial charge in [0.05, 0.1) is 6.42 Å². The van der Waals surface area contributed by atoms with Crippen LogP contribution in [0.4, 0.5) is 0 Å². The van der Waals surface area contributed by atoms with E-state index < -0.39 is 5.97 Å². The van der Waals surface area contributed by atoms with Crippen LogP contribution in [0.2, 0.25) is 0 Å². The van der Waals surface area contributed by atoms with E-state index in [2.05, 4.69) is 9.55 Å². The highest BCUT2D eigenvalue weighted by Crippen LogP contribution is 2.33. The van der Waals surface area contributed by atoms with E-state index in [1.54, 1.807) is 0 Å². The molecule has 0 radical (unpaired) electrons. The molecule has 2 rings (SSSR count). The van der Waals surface area contributed by atoms with Crippen LogP contribution in [0.15, 0.2) is 6.20 Å². The van der Waals surface area contributed by atoms with Gasteiger partial charge in [-0.25, -0.2) is 4.98 Å². The minimum absolute atomic E-state index is 0.184. The zero-order valence-electron chi connectivity index (χ0n) is 9.65. The van der Waals surface area contributed by atoms with Gasteiger partial charge in [0.25, 0.3) is 0 Å². The third kappa shape index (κ3) is 2.26. The molecule has 1 saturated carbocycles. The zero-order valence-corrected chi connectivity index (χ0v) is 9.65. The summed E-state index contributed by atoms with van der Waals surface area (Å²) in [5.74, 6) is 0.977. The van der Waals surface area contributed by atoms with Crippen LogP contribution < -0.4 is 0 Å². The smallest absolute Gasteiger partial charge is 0.303 e. The maximum Gasteiger partial charge on any atom is 0.303 e. The Morgan fingerprint density at radius 1 is 1.56 bits per heavy atom. The van der Waals surface area contributed by atoms with Crippen molar-refractivity contribution >= 4 is 5.97 Å². The first-order valence-electron chi connectivity index (χ1n) is 5.90. The minimum Gasteiger partial charge on any atom is -0.481 e. The molecule has 1 aromatic heterocycles. The predicted octanol–water partition coefficient (Wildman–Crippen LogP) is 2.09. The van der Waals surface area contributed by atoms with E-state index in [1.165, 1.54) is 25.7 Å². The molecule has 88 valence electrons. The van der Waals surface area contributed by atoms with Crippen LogP contribution in [-0.2, 0) is 18.3 Å². The molecule has 16 heavy (non-hydrogen) atoms. The summed E-state index contributed by atoms with van der Waals surface area (Å²) in [6.07, 6.45) is 7.63. The van der Waals surface area contributed by atoms with E-state index in [4.69, 9.17) is 5.11 Å². The van der Waals surface area contributed by atoms with E-state index in [0.717, 1.165) is 11.5 Å². The summed E-state index contributed by atoms with van der Waals surface area (Å²) >= 11 is 0. The van der Waals surface area contributed by atoms with Crippen molar-refractivity contribution in [1.29, 1.82) is 0 Å². The predicted molar refractivity (Wildman–Crippen MR) is 60.4 cm³/mol. The fourth-order valence-corrected chi connectivity index (χ4v) is 2.49. The lowest BCUT2D eigenvalue weighted by atomic mass is 10.1. The largest absolute Gasteiger partial charge is 0.481 e. The van der Waals surface area contributed by atoms with Gasteiger partial charge in [0.15, 0.2) is 0 Å². The molecule has 0 atom stereocenters. The number of imidazole rings is 1. The third-order valence-corrected chi connectivity index (χ3v) is 3.44. The van der Waals surface area contributed by atoms with Gasteiger partial charge in [0.2, 0.25) is 0 Å². The molecule has 0 bridgehead atoms. The molecular formula is C12H18N2O2. The van der Waals surface area contributed by atoms with Crippen LogP contribution in [-0.4, -0.2) is 20.6 Å². The van der Waals surface area contributed by atoms with Crippen molar-refractivity contribution in [1.82, 2.24) is 9.55 Å². The number of aryl methyl sites for hydroxylation is 1. The Kier molecular flexibility index (Phi) is 3.27. The summed E-state index contributed by atoms with van der Waals surface area (Å²) in [7, 11) is 2.00. The van der Waals surface area contributed by atoms with Crippen molar-refractivity contribution < 1.29 is 9.90 Å². The van der Waals surface area contributed by atoms with E-state index >= 15 is 0 Å². The number of carboxylic acid groups (broad SMARTS) is 1. The number of nitrogens with zero attached hydrogens (tertiary/aromatic N) is 2. The monoisotopic (exact) mass is 222 g/mol. The summed E-state index contributed by atoms with van der Waals surface area (Å²) < 4.78 is 2.08. The molecule has 1 N–H and O–H groups in total. The van der Waals surface area contributed by atoms with Crippen molar-refractivity contribution in [2.75, 3.05) is 0 Å². The molecule has 4 heteroatoms. The summed E-state index contributed by atoms with van der Waals surface area (Å²) in [4.78, 5) is 15.0. The number of carbonyl (C=O) groups is 1. The second kappa shape index (κ2) is 4.68. The summed E-state index contributed by atoms with van der Waals surface area (Å²) in [5, 5.41) is 8.65. The van der Waals surface area contributed by atoms with E-state index in [1.807, 2.05) is 13.2 Å². The van der Waals surface area contributed by atoms with Crippen LogP contribution >= 0.6 is 0 Å². The Bertz CT molecular complexity index is 378. The van der Waals surface area contributed by atoms with Gasteiger partial charge in [-0.15, -0.1) is 0 Å². The molecule has 0 aliphatic heterocycles. The first kappa shape index (κ1) is 11.2. The number of aromatic nitrogens is 2. The second-order valence-corrected chi connectivity index (χ2v) is 4.54. The lowest BCUT2D eigenvalue weighted by Crippen LogP contribution is -2.07. The zero-order chi connectivity index (χ0) is 11.5. The molecule has 1 aliphatic rings. The Labute approximate surface area is 95.3 Å². The van der Waals surface area contributed by atoms with Crippen LogP contribution in [0.5, 0.6) is 0 Å². The number of aliphatic carboxylic acids is 1. The van der Waals surface area contributed by atoms with E-state index in [0.29, 0.717) is 12.3 Å². The number of carboxylic acids is 1. The normalized spacial score (nSPS) is 16.8. The first-order chi connectivity index (χ1) is 7.68. The average Bonchev–Trinajstić information content (AvgIpc) is 2.84. The fraction of sp³-hybridized carbons (Fsp3) is 0.667. The number of hydrogen-bond acceptors (Lipinski definition) is 2. The molecule has 4 nitrogen and oxygen atoms in total. The van der Waals surface area contributed by atoms with Gasteiger partial charge in [0.1, 0.15) is 5.82 Å². The number of rotatable bonds is 4. The van der Waals surface area contributed by atoms with Gasteiger partial charge >= 0.3 is 5.97 Å².